The molecule has 1 unspecified atom stereocenters. The summed E-state index contributed by atoms with van der Waals surface area (Å²) in [6, 6.07) is 8.65. The van der Waals surface area contributed by atoms with Crippen LogP contribution in [-0.4, -0.2) is 19.3 Å². The molecule has 15 heavy (non-hydrogen) atoms. The lowest BCUT2D eigenvalue weighted by Gasteiger charge is -2.12. The summed E-state index contributed by atoms with van der Waals surface area (Å²) in [5, 5.41) is 3.41. The smallest absolute Gasteiger partial charge is 0.0748 e. The maximum atomic E-state index is 5.56. The van der Waals surface area contributed by atoms with Crippen molar-refractivity contribution < 1.29 is 4.74 Å². The van der Waals surface area contributed by atoms with Gasteiger partial charge in [-0.25, -0.2) is 0 Å². The molecular formula is C13H19NO. The van der Waals surface area contributed by atoms with Crippen molar-refractivity contribution in [3.8, 4) is 0 Å². The molecule has 1 aliphatic rings. The zero-order valence-electron chi connectivity index (χ0n) is 9.33. The van der Waals surface area contributed by atoms with Crippen LogP contribution < -0.4 is 5.32 Å². The highest BCUT2D eigenvalue weighted by Gasteiger charge is 2.14. The summed E-state index contributed by atoms with van der Waals surface area (Å²) >= 11 is 0. The van der Waals surface area contributed by atoms with Crippen LogP contribution in [0.3, 0.4) is 0 Å². The Morgan fingerprint density at radius 3 is 2.73 bits per heavy atom. The standard InChI is InChI=1S/C13H19NO/c1-2-11-5-7-12(8-6-11)14-10-13-4-3-9-15-13/h5-8,13-14H,2-4,9-10H2,1H3. The van der Waals surface area contributed by atoms with Crippen molar-refractivity contribution in [1.29, 1.82) is 0 Å². The van der Waals surface area contributed by atoms with Gasteiger partial charge >= 0.3 is 0 Å². The van der Waals surface area contributed by atoms with Gasteiger partial charge in [-0.1, -0.05) is 19.1 Å². The van der Waals surface area contributed by atoms with Gasteiger partial charge in [0.2, 0.25) is 0 Å². The number of rotatable bonds is 4. The van der Waals surface area contributed by atoms with Crippen LogP contribution in [-0.2, 0) is 11.2 Å². The number of hydrogen-bond donors (Lipinski definition) is 1. The number of anilines is 1. The van der Waals surface area contributed by atoms with E-state index in [1.54, 1.807) is 0 Å². The third-order valence-corrected chi connectivity index (χ3v) is 2.92. The van der Waals surface area contributed by atoms with Crippen LogP contribution >= 0.6 is 0 Å². The molecule has 2 rings (SSSR count). The minimum atomic E-state index is 0.413. The molecule has 0 aromatic heterocycles. The van der Waals surface area contributed by atoms with Crippen LogP contribution in [0.4, 0.5) is 5.69 Å². The van der Waals surface area contributed by atoms with Gasteiger partial charge in [-0.05, 0) is 37.0 Å². The summed E-state index contributed by atoms with van der Waals surface area (Å²) in [5.74, 6) is 0. The Hall–Kier alpha value is -1.02. The molecule has 0 bridgehead atoms. The van der Waals surface area contributed by atoms with Crippen molar-refractivity contribution in [2.45, 2.75) is 32.3 Å². The van der Waals surface area contributed by atoms with Gasteiger partial charge in [0, 0.05) is 18.8 Å². The van der Waals surface area contributed by atoms with Crippen LogP contribution in [0, 0.1) is 0 Å². The topological polar surface area (TPSA) is 21.3 Å². The molecule has 2 heteroatoms. The molecule has 0 amide bonds. The molecule has 0 radical (unpaired) electrons. The normalized spacial score (nSPS) is 20.5. The average Bonchev–Trinajstić information content (AvgIpc) is 2.80. The number of hydrogen-bond acceptors (Lipinski definition) is 2. The number of ether oxygens (including phenoxy) is 1. The Labute approximate surface area is 91.6 Å². The molecule has 1 atom stereocenters. The number of nitrogens with one attached hydrogen (secondary N) is 1. The highest BCUT2D eigenvalue weighted by molar-refractivity contribution is 5.44. The van der Waals surface area contributed by atoms with Gasteiger partial charge in [0.05, 0.1) is 6.10 Å². The molecule has 1 fully saturated rings. The first-order chi connectivity index (χ1) is 7.38. The van der Waals surface area contributed by atoms with Crippen molar-refractivity contribution in [3.63, 3.8) is 0 Å². The fourth-order valence-electron chi connectivity index (χ4n) is 1.90. The van der Waals surface area contributed by atoms with Crippen LogP contribution in [0.1, 0.15) is 25.3 Å². The fraction of sp³-hybridized carbons (Fsp3) is 0.538. The molecule has 1 N–H and O–H groups in total. The number of benzene rings is 1. The summed E-state index contributed by atoms with van der Waals surface area (Å²) < 4.78 is 5.56. The van der Waals surface area contributed by atoms with Crippen molar-refractivity contribution in [2.75, 3.05) is 18.5 Å². The summed E-state index contributed by atoms with van der Waals surface area (Å²) in [6.45, 7) is 4.04. The number of aryl methyl sites for hydroxylation is 1. The third-order valence-electron chi connectivity index (χ3n) is 2.92. The van der Waals surface area contributed by atoms with Gasteiger partial charge in [0.25, 0.3) is 0 Å². The Morgan fingerprint density at radius 1 is 1.33 bits per heavy atom. The molecule has 1 heterocycles. The van der Waals surface area contributed by atoms with E-state index >= 15 is 0 Å². The Bertz CT molecular complexity index is 288. The SMILES string of the molecule is CCc1ccc(NCC2CCCO2)cc1. The van der Waals surface area contributed by atoms with E-state index in [-0.39, 0.29) is 0 Å². The Kier molecular flexibility index (Phi) is 3.62. The van der Waals surface area contributed by atoms with E-state index in [9.17, 15) is 0 Å². The van der Waals surface area contributed by atoms with Gasteiger partial charge in [0.15, 0.2) is 0 Å². The average molecular weight is 205 g/mol. The summed E-state index contributed by atoms with van der Waals surface area (Å²) in [5.41, 5.74) is 2.58. The van der Waals surface area contributed by atoms with E-state index in [4.69, 9.17) is 4.74 Å². The van der Waals surface area contributed by atoms with Gasteiger partial charge in [-0.2, -0.15) is 0 Å². The first kappa shape index (κ1) is 10.5. The molecule has 0 spiro atoms. The molecule has 2 nitrogen and oxygen atoms in total. The second kappa shape index (κ2) is 5.17. The van der Waals surface area contributed by atoms with Crippen LogP contribution in [0.25, 0.3) is 0 Å². The first-order valence-electron chi connectivity index (χ1n) is 5.83. The van der Waals surface area contributed by atoms with Crippen molar-refractivity contribution in [2.24, 2.45) is 0 Å². The van der Waals surface area contributed by atoms with E-state index in [1.165, 1.54) is 24.1 Å². The second-order valence-electron chi connectivity index (χ2n) is 4.07. The maximum absolute atomic E-state index is 5.56. The van der Waals surface area contributed by atoms with Gasteiger partial charge < -0.3 is 10.1 Å². The van der Waals surface area contributed by atoms with E-state index in [0.717, 1.165) is 19.6 Å². The zero-order valence-corrected chi connectivity index (χ0v) is 9.33. The first-order valence-corrected chi connectivity index (χ1v) is 5.83. The Morgan fingerprint density at radius 2 is 2.13 bits per heavy atom. The third kappa shape index (κ3) is 2.96. The van der Waals surface area contributed by atoms with Crippen molar-refractivity contribution in [1.82, 2.24) is 0 Å². The van der Waals surface area contributed by atoms with E-state index in [1.807, 2.05) is 0 Å². The van der Waals surface area contributed by atoms with E-state index < -0.39 is 0 Å². The molecule has 0 aliphatic carbocycles. The van der Waals surface area contributed by atoms with Crippen molar-refractivity contribution >= 4 is 5.69 Å². The quantitative estimate of drug-likeness (QED) is 0.816. The summed E-state index contributed by atoms with van der Waals surface area (Å²) in [7, 11) is 0. The van der Waals surface area contributed by atoms with Crippen molar-refractivity contribution in [3.05, 3.63) is 29.8 Å². The molecule has 1 saturated heterocycles. The zero-order chi connectivity index (χ0) is 10.5. The lowest BCUT2D eigenvalue weighted by molar-refractivity contribution is 0.120. The lowest BCUT2D eigenvalue weighted by Crippen LogP contribution is -2.18. The lowest BCUT2D eigenvalue weighted by atomic mass is 10.1. The van der Waals surface area contributed by atoms with Crippen LogP contribution in [0.15, 0.2) is 24.3 Å². The monoisotopic (exact) mass is 205 g/mol. The highest BCUT2D eigenvalue weighted by Crippen LogP contribution is 2.14. The predicted octanol–water partition coefficient (Wildman–Crippen LogP) is 2.84. The Balaban J connectivity index is 1.82. The second-order valence-corrected chi connectivity index (χ2v) is 4.07. The van der Waals surface area contributed by atoms with E-state index in [2.05, 4.69) is 36.5 Å². The van der Waals surface area contributed by atoms with Gasteiger partial charge in [0.1, 0.15) is 0 Å². The van der Waals surface area contributed by atoms with Crippen LogP contribution in [0.5, 0.6) is 0 Å². The van der Waals surface area contributed by atoms with Gasteiger partial charge in [-0.15, -0.1) is 0 Å². The highest BCUT2D eigenvalue weighted by atomic mass is 16.5. The fourth-order valence-corrected chi connectivity index (χ4v) is 1.90. The molecule has 1 aromatic rings. The summed E-state index contributed by atoms with van der Waals surface area (Å²) in [6.07, 6.45) is 3.92. The molecule has 1 aromatic carbocycles. The largest absolute Gasteiger partial charge is 0.382 e. The molecule has 0 saturated carbocycles. The van der Waals surface area contributed by atoms with Gasteiger partial charge in [-0.3, -0.25) is 0 Å². The summed E-state index contributed by atoms with van der Waals surface area (Å²) in [4.78, 5) is 0. The van der Waals surface area contributed by atoms with Crippen LogP contribution in [0.2, 0.25) is 0 Å². The molecular weight excluding hydrogens is 186 g/mol. The minimum absolute atomic E-state index is 0.413. The molecule has 1 aliphatic heterocycles. The maximum Gasteiger partial charge on any atom is 0.0748 e. The van der Waals surface area contributed by atoms with E-state index in [0.29, 0.717) is 6.10 Å². The minimum Gasteiger partial charge on any atom is -0.382 e. The molecule has 82 valence electrons. The predicted molar refractivity (Wildman–Crippen MR) is 63.3 cm³/mol.